The van der Waals surface area contributed by atoms with Gasteiger partial charge in [0.05, 0.1) is 11.6 Å². The van der Waals surface area contributed by atoms with E-state index in [0.717, 1.165) is 0 Å². The second-order valence-electron chi connectivity index (χ2n) is 4.62. The number of carbonyl (C=O) groups excluding carboxylic acids is 1. The van der Waals surface area contributed by atoms with Crippen LogP contribution in [0, 0.1) is 0 Å². The standard InChI is InChI=1S/C14H20Cl2N2O2.ClH/c1-10(9-17)18(2)14(19)4-3-7-20-13-6-5-11(15)8-12(13)16;/h5-6,8,10H,3-4,7,9,17H2,1-2H3;1H. The normalized spacial score (nSPS) is 11.5. The Labute approximate surface area is 141 Å². The van der Waals surface area contributed by atoms with Gasteiger partial charge in [0.15, 0.2) is 0 Å². The summed E-state index contributed by atoms with van der Waals surface area (Å²) < 4.78 is 5.52. The molecule has 0 heterocycles. The van der Waals surface area contributed by atoms with Gasteiger partial charge in [0.2, 0.25) is 5.91 Å². The van der Waals surface area contributed by atoms with Crippen molar-refractivity contribution in [3.8, 4) is 5.75 Å². The van der Waals surface area contributed by atoms with E-state index < -0.39 is 0 Å². The van der Waals surface area contributed by atoms with E-state index in [4.69, 9.17) is 33.7 Å². The summed E-state index contributed by atoms with van der Waals surface area (Å²) in [4.78, 5) is 13.5. The summed E-state index contributed by atoms with van der Waals surface area (Å²) in [6.07, 6.45) is 1.05. The third kappa shape index (κ3) is 6.74. The predicted octanol–water partition coefficient (Wildman–Crippen LogP) is 3.38. The lowest BCUT2D eigenvalue weighted by atomic mass is 10.2. The average Bonchev–Trinajstić information content (AvgIpc) is 2.43. The van der Waals surface area contributed by atoms with E-state index in [0.29, 0.717) is 41.8 Å². The molecular weight excluding hydrogens is 335 g/mol. The highest BCUT2D eigenvalue weighted by atomic mass is 35.5. The molecule has 0 aliphatic heterocycles. The van der Waals surface area contributed by atoms with Gasteiger partial charge in [-0.15, -0.1) is 12.4 Å². The molecule has 21 heavy (non-hydrogen) atoms. The first-order valence-corrected chi connectivity index (χ1v) is 7.25. The van der Waals surface area contributed by atoms with Crippen molar-refractivity contribution >= 4 is 41.5 Å². The summed E-state index contributed by atoms with van der Waals surface area (Å²) in [6.45, 7) is 2.80. The summed E-state index contributed by atoms with van der Waals surface area (Å²) in [5, 5.41) is 1.03. The molecule has 0 bridgehead atoms. The quantitative estimate of drug-likeness (QED) is 0.763. The van der Waals surface area contributed by atoms with E-state index in [1.54, 1.807) is 30.1 Å². The number of rotatable bonds is 7. The van der Waals surface area contributed by atoms with Gasteiger partial charge in [0, 0.05) is 31.1 Å². The summed E-state index contributed by atoms with van der Waals surface area (Å²) >= 11 is 11.8. The van der Waals surface area contributed by atoms with Crippen LogP contribution in [-0.2, 0) is 4.79 Å². The Bertz CT molecular complexity index is 458. The molecular formula is C14H21Cl3N2O2. The Morgan fingerprint density at radius 2 is 2.10 bits per heavy atom. The molecule has 1 aromatic carbocycles. The van der Waals surface area contributed by atoms with Crippen molar-refractivity contribution < 1.29 is 9.53 Å². The molecule has 0 saturated heterocycles. The molecule has 120 valence electrons. The summed E-state index contributed by atoms with van der Waals surface area (Å²) in [6, 6.07) is 5.11. The number of likely N-dealkylation sites (N-methyl/N-ethyl adjacent to an activating group) is 1. The van der Waals surface area contributed by atoms with Crippen LogP contribution in [0.3, 0.4) is 0 Å². The molecule has 0 aliphatic carbocycles. The average molecular weight is 356 g/mol. The third-order valence-corrected chi connectivity index (χ3v) is 3.61. The molecule has 1 aromatic rings. The first-order chi connectivity index (χ1) is 9.45. The van der Waals surface area contributed by atoms with Gasteiger partial charge < -0.3 is 15.4 Å². The fourth-order valence-electron chi connectivity index (χ4n) is 1.58. The number of nitrogens with zero attached hydrogens (tertiary/aromatic N) is 1. The van der Waals surface area contributed by atoms with Crippen molar-refractivity contribution in [2.45, 2.75) is 25.8 Å². The van der Waals surface area contributed by atoms with Gasteiger partial charge in [-0.25, -0.2) is 0 Å². The summed E-state index contributed by atoms with van der Waals surface area (Å²) in [7, 11) is 1.76. The van der Waals surface area contributed by atoms with E-state index in [2.05, 4.69) is 0 Å². The van der Waals surface area contributed by atoms with E-state index in [1.165, 1.54) is 0 Å². The lowest BCUT2D eigenvalue weighted by molar-refractivity contribution is -0.131. The molecule has 1 unspecified atom stereocenters. The van der Waals surface area contributed by atoms with Crippen LogP contribution >= 0.6 is 35.6 Å². The van der Waals surface area contributed by atoms with Crippen LogP contribution in [0.15, 0.2) is 18.2 Å². The van der Waals surface area contributed by atoms with Crippen molar-refractivity contribution in [2.24, 2.45) is 5.73 Å². The zero-order chi connectivity index (χ0) is 15.1. The maximum absolute atomic E-state index is 11.8. The highest BCUT2D eigenvalue weighted by molar-refractivity contribution is 6.35. The van der Waals surface area contributed by atoms with Crippen LogP contribution in [0.25, 0.3) is 0 Å². The number of halogens is 3. The Kier molecular flexibility index (Phi) is 9.79. The molecule has 1 amide bonds. The van der Waals surface area contributed by atoms with Gasteiger partial charge in [0.25, 0.3) is 0 Å². The fraction of sp³-hybridized carbons (Fsp3) is 0.500. The van der Waals surface area contributed by atoms with Gasteiger partial charge in [0.1, 0.15) is 5.75 Å². The van der Waals surface area contributed by atoms with Crippen molar-refractivity contribution in [3.63, 3.8) is 0 Å². The maximum atomic E-state index is 11.8. The van der Waals surface area contributed by atoms with Crippen LogP contribution < -0.4 is 10.5 Å². The zero-order valence-corrected chi connectivity index (χ0v) is 14.5. The molecule has 1 atom stereocenters. The molecule has 4 nitrogen and oxygen atoms in total. The van der Waals surface area contributed by atoms with E-state index in [1.807, 2.05) is 6.92 Å². The van der Waals surface area contributed by atoms with Crippen LogP contribution in [0.5, 0.6) is 5.75 Å². The minimum absolute atomic E-state index is 0. The van der Waals surface area contributed by atoms with Crippen LogP contribution in [-0.4, -0.2) is 37.0 Å². The minimum Gasteiger partial charge on any atom is -0.492 e. The van der Waals surface area contributed by atoms with Gasteiger partial charge in [-0.1, -0.05) is 23.2 Å². The number of benzene rings is 1. The number of carbonyl (C=O) groups is 1. The van der Waals surface area contributed by atoms with Gasteiger partial charge >= 0.3 is 0 Å². The zero-order valence-electron chi connectivity index (χ0n) is 12.1. The largest absolute Gasteiger partial charge is 0.492 e. The first kappa shape index (κ1) is 20.3. The molecule has 1 rings (SSSR count). The second kappa shape index (κ2) is 10.1. The fourth-order valence-corrected chi connectivity index (χ4v) is 2.04. The van der Waals surface area contributed by atoms with Crippen molar-refractivity contribution in [1.82, 2.24) is 4.90 Å². The number of amides is 1. The Hall–Kier alpha value is -0.680. The van der Waals surface area contributed by atoms with Crippen molar-refractivity contribution in [3.05, 3.63) is 28.2 Å². The molecule has 7 heteroatoms. The summed E-state index contributed by atoms with van der Waals surface area (Å²) in [5.74, 6) is 0.640. The molecule has 0 radical (unpaired) electrons. The molecule has 0 saturated carbocycles. The first-order valence-electron chi connectivity index (χ1n) is 6.49. The predicted molar refractivity (Wildman–Crippen MR) is 89.7 cm³/mol. The van der Waals surface area contributed by atoms with E-state index in [9.17, 15) is 4.79 Å². The SMILES string of the molecule is CC(CN)N(C)C(=O)CCCOc1ccc(Cl)cc1Cl.Cl. The molecule has 0 aromatic heterocycles. The van der Waals surface area contributed by atoms with Gasteiger partial charge in [-0.05, 0) is 31.5 Å². The van der Waals surface area contributed by atoms with E-state index in [-0.39, 0.29) is 24.4 Å². The van der Waals surface area contributed by atoms with E-state index >= 15 is 0 Å². The monoisotopic (exact) mass is 354 g/mol. The maximum Gasteiger partial charge on any atom is 0.222 e. The number of hydrogen-bond donors (Lipinski definition) is 1. The minimum atomic E-state index is 0. The van der Waals surface area contributed by atoms with Gasteiger partial charge in [-0.2, -0.15) is 0 Å². The number of nitrogens with two attached hydrogens (primary N) is 1. The highest BCUT2D eigenvalue weighted by Crippen LogP contribution is 2.27. The van der Waals surface area contributed by atoms with Crippen LogP contribution in [0.1, 0.15) is 19.8 Å². The number of ether oxygens (including phenoxy) is 1. The Balaban J connectivity index is 0.00000400. The third-order valence-electron chi connectivity index (χ3n) is 3.08. The lowest BCUT2D eigenvalue weighted by Crippen LogP contribution is -2.39. The Morgan fingerprint density at radius 1 is 1.43 bits per heavy atom. The van der Waals surface area contributed by atoms with Crippen molar-refractivity contribution in [1.29, 1.82) is 0 Å². The lowest BCUT2D eigenvalue weighted by Gasteiger charge is -2.23. The molecule has 0 spiro atoms. The molecule has 0 aliphatic rings. The Morgan fingerprint density at radius 3 is 2.67 bits per heavy atom. The number of hydrogen-bond acceptors (Lipinski definition) is 3. The topological polar surface area (TPSA) is 55.6 Å². The smallest absolute Gasteiger partial charge is 0.222 e. The molecule has 0 fully saturated rings. The highest BCUT2D eigenvalue weighted by Gasteiger charge is 2.13. The summed E-state index contributed by atoms with van der Waals surface area (Å²) in [5.41, 5.74) is 5.53. The van der Waals surface area contributed by atoms with Crippen LogP contribution in [0.4, 0.5) is 0 Å². The van der Waals surface area contributed by atoms with Crippen molar-refractivity contribution in [2.75, 3.05) is 20.2 Å². The van der Waals surface area contributed by atoms with Gasteiger partial charge in [-0.3, -0.25) is 4.79 Å². The second-order valence-corrected chi connectivity index (χ2v) is 5.46. The molecule has 2 N–H and O–H groups in total. The van der Waals surface area contributed by atoms with Crippen LogP contribution in [0.2, 0.25) is 10.0 Å².